The fraction of sp³-hybridized carbons (Fsp3) is 0.583. The van der Waals surface area contributed by atoms with Crippen molar-refractivity contribution in [2.45, 2.75) is 45.2 Å². The molecule has 0 bridgehead atoms. The van der Waals surface area contributed by atoms with Gasteiger partial charge >= 0.3 is 0 Å². The van der Waals surface area contributed by atoms with Crippen molar-refractivity contribution in [3.8, 4) is 0 Å². The summed E-state index contributed by atoms with van der Waals surface area (Å²) in [5.41, 5.74) is 5.62. The molecule has 1 amide bonds. The standard InChI is InChI=1S/C12H20N2O2/c1-3-11(13)12(15)14-9(2)6-7-10-5-4-8-16-10/h4-5,8-9,11H,3,6-7,13H2,1-2H3,(H,14,15)/t9?,11-/m1/s1. The second-order valence-corrected chi connectivity index (χ2v) is 4.04. The van der Waals surface area contributed by atoms with Crippen molar-refractivity contribution >= 4 is 5.91 Å². The van der Waals surface area contributed by atoms with Crippen LogP contribution in [0.1, 0.15) is 32.4 Å². The van der Waals surface area contributed by atoms with Crippen LogP contribution in [0.25, 0.3) is 0 Å². The Labute approximate surface area is 96.2 Å². The van der Waals surface area contributed by atoms with Gasteiger partial charge in [-0.3, -0.25) is 4.79 Å². The molecule has 0 fully saturated rings. The van der Waals surface area contributed by atoms with Crippen molar-refractivity contribution in [1.29, 1.82) is 0 Å². The predicted molar refractivity (Wildman–Crippen MR) is 62.9 cm³/mol. The summed E-state index contributed by atoms with van der Waals surface area (Å²) in [5.74, 6) is 0.871. The molecule has 4 nitrogen and oxygen atoms in total. The normalized spacial score (nSPS) is 14.4. The molecule has 1 unspecified atom stereocenters. The summed E-state index contributed by atoms with van der Waals surface area (Å²) in [6.07, 6.45) is 4.01. The van der Waals surface area contributed by atoms with E-state index in [4.69, 9.17) is 10.2 Å². The second kappa shape index (κ2) is 6.33. The lowest BCUT2D eigenvalue weighted by Crippen LogP contribution is -2.44. The van der Waals surface area contributed by atoms with Crippen molar-refractivity contribution in [1.82, 2.24) is 5.32 Å². The van der Waals surface area contributed by atoms with Crippen molar-refractivity contribution in [3.05, 3.63) is 24.2 Å². The quantitative estimate of drug-likeness (QED) is 0.768. The highest BCUT2D eigenvalue weighted by molar-refractivity contribution is 5.81. The maximum absolute atomic E-state index is 11.5. The Morgan fingerprint density at radius 3 is 2.94 bits per heavy atom. The highest BCUT2D eigenvalue weighted by Crippen LogP contribution is 2.05. The molecule has 3 N–H and O–H groups in total. The van der Waals surface area contributed by atoms with Crippen LogP contribution in [-0.2, 0) is 11.2 Å². The SMILES string of the molecule is CC[C@@H](N)C(=O)NC(C)CCc1ccco1. The molecule has 1 rings (SSSR count). The number of nitrogens with one attached hydrogen (secondary N) is 1. The highest BCUT2D eigenvalue weighted by atomic mass is 16.3. The number of rotatable bonds is 6. The summed E-state index contributed by atoms with van der Waals surface area (Å²) < 4.78 is 5.22. The van der Waals surface area contributed by atoms with Crippen LogP contribution in [0.15, 0.2) is 22.8 Å². The smallest absolute Gasteiger partial charge is 0.237 e. The Balaban J connectivity index is 2.25. The molecular formula is C12H20N2O2. The number of hydrogen-bond acceptors (Lipinski definition) is 3. The van der Waals surface area contributed by atoms with E-state index in [2.05, 4.69) is 5.32 Å². The van der Waals surface area contributed by atoms with Crippen LogP contribution >= 0.6 is 0 Å². The zero-order chi connectivity index (χ0) is 12.0. The zero-order valence-corrected chi connectivity index (χ0v) is 9.90. The molecule has 1 aromatic heterocycles. The summed E-state index contributed by atoms with van der Waals surface area (Å²) in [6.45, 7) is 3.88. The van der Waals surface area contributed by atoms with Crippen LogP contribution < -0.4 is 11.1 Å². The van der Waals surface area contributed by atoms with Crippen LogP contribution in [0.2, 0.25) is 0 Å². The first-order chi connectivity index (χ1) is 7.63. The maximum atomic E-state index is 11.5. The predicted octanol–water partition coefficient (Wildman–Crippen LogP) is 1.45. The molecule has 16 heavy (non-hydrogen) atoms. The van der Waals surface area contributed by atoms with Gasteiger partial charge in [-0.2, -0.15) is 0 Å². The first-order valence-corrected chi connectivity index (χ1v) is 5.71. The molecule has 0 spiro atoms. The van der Waals surface area contributed by atoms with Gasteiger partial charge in [-0.05, 0) is 31.9 Å². The lowest BCUT2D eigenvalue weighted by molar-refractivity contribution is -0.123. The fourth-order valence-electron chi connectivity index (χ4n) is 1.42. The monoisotopic (exact) mass is 224 g/mol. The lowest BCUT2D eigenvalue weighted by atomic mass is 10.1. The Hall–Kier alpha value is -1.29. The van der Waals surface area contributed by atoms with Gasteiger partial charge in [0.1, 0.15) is 5.76 Å². The largest absolute Gasteiger partial charge is 0.469 e. The third-order valence-corrected chi connectivity index (χ3v) is 2.57. The third kappa shape index (κ3) is 4.06. The number of carbonyl (C=O) groups excluding carboxylic acids is 1. The molecule has 0 saturated carbocycles. The van der Waals surface area contributed by atoms with Crippen LogP contribution in [0.4, 0.5) is 0 Å². The van der Waals surface area contributed by atoms with E-state index >= 15 is 0 Å². The van der Waals surface area contributed by atoms with E-state index in [1.165, 1.54) is 0 Å². The van der Waals surface area contributed by atoms with Gasteiger partial charge in [-0.25, -0.2) is 0 Å². The van der Waals surface area contributed by atoms with E-state index in [-0.39, 0.29) is 11.9 Å². The van der Waals surface area contributed by atoms with Gasteiger partial charge in [0.25, 0.3) is 0 Å². The van der Waals surface area contributed by atoms with E-state index in [1.807, 2.05) is 26.0 Å². The minimum absolute atomic E-state index is 0.0746. The van der Waals surface area contributed by atoms with Crippen LogP contribution in [0.3, 0.4) is 0 Å². The van der Waals surface area contributed by atoms with Gasteiger partial charge in [-0.1, -0.05) is 6.92 Å². The van der Waals surface area contributed by atoms with Crippen LogP contribution in [0, 0.1) is 0 Å². The van der Waals surface area contributed by atoms with Crippen molar-refractivity contribution in [3.63, 3.8) is 0 Å². The molecule has 90 valence electrons. The average molecular weight is 224 g/mol. The minimum atomic E-state index is -0.397. The minimum Gasteiger partial charge on any atom is -0.469 e. The number of aryl methyl sites for hydroxylation is 1. The van der Waals surface area contributed by atoms with Gasteiger partial charge in [0.2, 0.25) is 5.91 Å². The summed E-state index contributed by atoms with van der Waals surface area (Å²) in [7, 11) is 0. The van der Waals surface area contributed by atoms with E-state index < -0.39 is 6.04 Å². The summed E-state index contributed by atoms with van der Waals surface area (Å²) in [5, 5.41) is 2.89. The Kier molecular flexibility index (Phi) is 5.05. The molecule has 0 radical (unpaired) electrons. The molecule has 1 heterocycles. The number of carbonyl (C=O) groups is 1. The van der Waals surface area contributed by atoms with Gasteiger partial charge in [0.15, 0.2) is 0 Å². The molecule has 0 saturated heterocycles. The molecule has 1 aromatic rings. The number of hydrogen-bond donors (Lipinski definition) is 2. The van der Waals surface area contributed by atoms with E-state index in [0.717, 1.165) is 18.6 Å². The Morgan fingerprint density at radius 2 is 2.38 bits per heavy atom. The molecule has 2 atom stereocenters. The van der Waals surface area contributed by atoms with Gasteiger partial charge in [0.05, 0.1) is 12.3 Å². The number of furan rings is 1. The number of amides is 1. The molecule has 0 aliphatic rings. The molecule has 0 aromatic carbocycles. The number of nitrogens with two attached hydrogens (primary N) is 1. The third-order valence-electron chi connectivity index (χ3n) is 2.57. The summed E-state index contributed by atoms with van der Waals surface area (Å²) in [4.78, 5) is 11.5. The van der Waals surface area contributed by atoms with Crippen LogP contribution in [-0.4, -0.2) is 18.0 Å². The van der Waals surface area contributed by atoms with E-state index in [1.54, 1.807) is 6.26 Å². The fourth-order valence-corrected chi connectivity index (χ4v) is 1.42. The maximum Gasteiger partial charge on any atom is 0.237 e. The summed E-state index contributed by atoms with van der Waals surface area (Å²) >= 11 is 0. The molecular weight excluding hydrogens is 204 g/mol. The first kappa shape index (κ1) is 12.8. The molecule has 0 aliphatic carbocycles. The topological polar surface area (TPSA) is 68.3 Å². The molecule has 0 aliphatic heterocycles. The van der Waals surface area contributed by atoms with Crippen LogP contribution in [0.5, 0.6) is 0 Å². The Morgan fingerprint density at radius 1 is 1.62 bits per heavy atom. The summed E-state index contributed by atoms with van der Waals surface area (Å²) in [6, 6.07) is 3.53. The van der Waals surface area contributed by atoms with Crippen molar-refractivity contribution in [2.75, 3.05) is 0 Å². The van der Waals surface area contributed by atoms with Gasteiger partial charge in [-0.15, -0.1) is 0 Å². The van der Waals surface area contributed by atoms with E-state index in [0.29, 0.717) is 6.42 Å². The van der Waals surface area contributed by atoms with E-state index in [9.17, 15) is 4.79 Å². The van der Waals surface area contributed by atoms with Crippen molar-refractivity contribution in [2.24, 2.45) is 5.73 Å². The lowest BCUT2D eigenvalue weighted by Gasteiger charge is -2.16. The first-order valence-electron chi connectivity index (χ1n) is 5.71. The molecule has 4 heteroatoms. The average Bonchev–Trinajstić information content (AvgIpc) is 2.78. The highest BCUT2D eigenvalue weighted by Gasteiger charge is 2.13. The second-order valence-electron chi connectivity index (χ2n) is 4.04. The van der Waals surface area contributed by atoms with Crippen molar-refractivity contribution < 1.29 is 9.21 Å². The van der Waals surface area contributed by atoms with Gasteiger partial charge < -0.3 is 15.5 Å². The van der Waals surface area contributed by atoms with Gasteiger partial charge in [0, 0.05) is 12.5 Å². The zero-order valence-electron chi connectivity index (χ0n) is 9.90. The Bertz CT molecular complexity index is 309.